The molecular formula is C13H26N2O3. The zero-order valence-corrected chi connectivity index (χ0v) is 12.2. The number of hydrogen-bond acceptors (Lipinski definition) is 4. The highest BCUT2D eigenvalue weighted by atomic mass is 16.6. The Morgan fingerprint density at radius 2 is 2.00 bits per heavy atom. The Morgan fingerprint density at radius 3 is 2.50 bits per heavy atom. The molecule has 1 heterocycles. The summed E-state index contributed by atoms with van der Waals surface area (Å²) < 4.78 is 10.5. The quantitative estimate of drug-likeness (QED) is 0.770. The lowest BCUT2D eigenvalue weighted by Gasteiger charge is -2.40. The molecule has 0 spiro atoms. The Morgan fingerprint density at radius 1 is 1.33 bits per heavy atom. The van der Waals surface area contributed by atoms with E-state index in [1.165, 1.54) is 0 Å². The lowest BCUT2D eigenvalue weighted by Crippen LogP contribution is -2.55. The van der Waals surface area contributed by atoms with E-state index >= 15 is 0 Å². The van der Waals surface area contributed by atoms with Crippen LogP contribution in [0.5, 0.6) is 0 Å². The van der Waals surface area contributed by atoms with Crippen molar-refractivity contribution in [3.05, 3.63) is 0 Å². The van der Waals surface area contributed by atoms with Gasteiger partial charge in [0.15, 0.2) is 0 Å². The Hall–Kier alpha value is -0.810. The van der Waals surface area contributed by atoms with E-state index in [2.05, 4.69) is 11.8 Å². The summed E-state index contributed by atoms with van der Waals surface area (Å²) in [5.41, 5.74) is -0.423. The number of amides is 1. The van der Waals surface area contributed by atoms with Crippen molar-refractivity contribution in [2.45, 2.75) is 39.3 Å². The van der Waals surface area contributed by atoms with E-state index in [0.29, 0.717) is 6.04 Å². The second kappa shape index (κ2) is 6.38. The number of methoxy groups -OCH3 is 1. The summed E-state index contributed by atoms with van der Waals surface area (Å²) in [6, 6.07) is 0.349. The molecule has 1 aliphatic heterocycles. The van der Waals surface area contributed by atoms with Gasteiger partial charge in [0.25, 0.3) is 0 Å². The maximum Gasteiger partial charge on any atom is 0.410 e. The van der Waals surface area contributed by atoms with Gasteiger partial charge in [-0.2, -0.15) is 0 Å². The number of carbonyl (C=O) groups is 1. The summed E-state index contributed by atoms with van der Waals surface area (Å²) in [5.74, 6) is 0. The number of hydrogen-bond donors (Lipinski definition) is 0. The molecule has 0 N–H and O–H groups in total. The Bertz CT molecular complexity index is 276. The average molecular weight is 258 g/mol. The van der Waals surface area contributed by atoms with Crippen LogP contribution < -0.4 is 0 Å². The fourth-order valence-electron chi connectivity index (χ4n) is 2.03. The molecule has 1 atom stereocenters. The largest absolute Gasteiger partial charge is 0.444 e. The summed E-state index contributed by atoms with van der Waals surface area (Å²) in [6.07, 6.45) is -0.208. The van der Waals surface area contributed by atoms with Gasteiger partial charge in [-0.1, -0.05) is 0 Å². The van der Waals surface area contributed by atoms with Crippen LogP contribution in [-0.2, 0) is 9.47 Å². The van der Waals surface area contributed by atoms with Crippen LogP contribution in [0.1, 0.15) is 27.7 Å². The molecule has 1 rings (SSSR count). The third-order valence-corrected chi connectivity index (χ3v) is 3.00. The molecule has 106 valence electrons. The standard InChI is InChI=1S/C13H26N2O3/c1-11-10-15(12(16)18-13(2,3)4)7-6-14(11)8-9-17-5/h11H,6-10H2,1-5H3/t11-/m1/s1. The van der Waals surface area contributed by atoms with Crippen LogP contribution in [0.15, 0.2) is 0 Å². The van der Waals surface area contributed by atoms with Gasteiger partial charge >= 0.3 is 6.09 Å². The summed E-state index contributed by atoms with van der Waals surface area (Å²) in [7, 11) is 1.71. The topological polar surface area (TPSA) is 42.0 Å². The van der Waals surface area contributed by atoms with E-state index in [-0.39, 0.29) is 6.09 Å². The van der Waals surface area contributed by atoms with Crippen LogP contribution in [0.4, 0.5) is 4.79 Å². The van der Waals surface area contributed by atoms with Crippen molar-refractivity contribution in [2.75, 3.05) is 39.9 Å². The number of carbonyl (C=O) groups excluding carboxylic acids is 1. The van der Waals surface area contributed by atoms with Gasteiger partial charge in [0.05, 0.1) is 6.61 Å². The summed E-state index contributed by atoms with van der Waals surface area (Å²) in [5, 5.41) is 0. The van der Waals surface area contributed by atoms with Crippen LogP contribution in [-0.4, -0.2) is 67.4 Å². The van der Waals surface area contributed by atoms with Crippen LogP contribution in [0.25, 0.3) is 0 Å². The van der Waals surface area contributed by atoms with Gasteiger partial charge in [-0.05, 0) is 27.7 Å². The average Bonchev–Trinajstić information content (AvgIpc) is 2.25. The van der Waals surface area contributed by atoms with Gasteiger partial charge in [-0.3, -0.25) is 4.90 Å². The van der Waals surface area contributed by atoms with Gasteiger partial charge in [0.2, 0.25) is 0 Å². The highest BCUT2D eigenvalue weighted by molar-refractivity contribution is 5.68. The predicted molar refractivity (Wildman–Crippen MR) is 70.7 cm³/mol. The second-order valence-electron chi connectivity index (χ2n) is 5.80. The molecule has 1 amide bonds. The van der Waals surface area contributed by atoms with Crippen LogP contribution in [0, 0.1) is 0 Å². The van der Waals surface area contributed by atoms with Crippen molar-refractivity contribution in [1.82, 2.24) is 9.80 Å². The van der Waals surface area contributed by atoms with Crippen molar-refractivity contribution in [2.24, 2.45) is 0 Å². The van der Waals surface area contributed by atoms with Gasteiger partial charge < -0.3 is 14.4 Å². The van der Waals surface area contributed by atoms with Crippen LogP contribution >= 0.6 is 0 Å². The molecule has 0 radical (unpaired) electrons. The molecule has 1 aliphatic rings. The molecule has 5 nitrogen and oxygen atoms in total. The molecule has 0 unspecified atom stereocenters. The molecule has 1 fully saturated rings. The molecule has 0 bridgehead atoms. The monoisotopic (exact) mass is 258 g/mol. The zero-order chi connectivity index (χ0) is 13.8. The van der Waals surface area contributed by atoms with Crippen molar-refractivity contribution in [3.63, 3.8) is 0 Å². The minimum atomic E-state index is -0.423. The predicted octanol–water partition coefficient (Wildman–Crippen LogP) is 1.57. The number of piperazine rings is 1. The molecular weight excluding hydrogens is 232 g/mol. The fourth-order valence-corrected chi connectivity index (χ4v) is 2.03. The highest BCUT2D eigenvalue weighted by Crippen LogP contribution is 2.14. The Labute approximate surface area is 110 Å². The van der Waals surface area contributed by atoms with Gasteiger partial charge in [-0.15, -0.1) is 0 Å². The molecule has 0 aliphatic carbocycles. The maximum absolute atomic E-state index is 11.9. The summed E-state index contributed by atoms with van der Waals surface area (Å²) in [4.78, 5) is 16.1. The first-order valence-corrected chi connectivity index (χ1v) is 6.54. The van der Waals surface area contributed by atoms with Crippen molar-refractivity contribution in [1.29, 1.82) is 0 Å². The second-order valence-corrected chi connectivity index (χ2v) is 5.80. The smallest absolute Gasteiger partial charge is 0.410 e. The Kier molecular flexibility index (Phi) is 5.41. The molecule has 0 saturated carbocycles. The first-order valence-electron chi connectivity index (χ1n) is 6.54. The number of nitrogens with zero attached hydrogens (tertiary/aromatic N) is 2. The van der Waals surface area contributed by atoms with E-state index in [4.69, 9.17) is 9.47 Å². The molecule has 0 aromatic carbocycles. The lowest BCUT2D eigenvalue weighted by molar-refractivity contribution is 0.00258. The molecule has 18 heavy (non-hydrogen) atoms. The molecule has 0 aromatic rings. The Balaban J connectivity index is 2.43. The van der Waals surface area contributed by atoms with E-state index in [1.807, 2.05) is 20.8 Å². The van der Waals surface area contributed by atoms with Gasteiger partial charge in [-0.25, -0.2) is 4.79 Å². The third kappa shape index (κ3) is 4.82. The van der Waals surface area contributed by atoms with Gasteiger partial charge in [0.1, 0.15) is 5.60 Å². The minimum Gasteiger partial charge on any atom is -0.444 e. The van der Waals surface area contributed by atoms with E-state index in [0.717, 1.165) is 32.8 Å². The van der Waals surface area contributed by atoms with Crippen LogP contribution in [0.3, 0.4) is 0 Å². The summed E-state index contributed by atoms with van der Waals surface area (Å²) in [6.45, 7) is 11.8. The van der Waals surface area contributed by atoms with Crippen molar-refractivity contribution in [3.8, 4) is 0 Å². The molecule has 5 heteroatoms. The normalized spacial score (nSPS) is 22.1. The van der Waals surface area contributed by atoms with Crippen LogP contribution in [0.2, 0.25) is 0 Å². The fraction of sp³-hybridized carbons (Fsp3) is 0.923. The highest BCUT2D eigenvalue weighted by Gasteiger charge is 2.29. The van der Waals surface area contributed by atoms with Crippen molar-refractivity contribution < 1.29 is 14.3 Å². The minimum absolute atomic E-state index is 0.208. The number of rotatable bonds is 3. The van der Waals surface area contributed by atoms with Crippen molar-refractivity contribution >= 4 is 6.09 Å². The SMILES string of the molecule is COCCN1CCN(C(=O)OC(C)(C)C)C[C@H]1C. The maximum atomic E-state index is 11.9. The van der Waals surface area contributed by atoms with E-state index in [9.17, 15) is 4.79 Å². The lowest BCUT2D eigenvalue weighted by atomic mass is 10.2. The molecule has 1 saturated heterocycles. The first kappa shape index (κ1) is 15.2. The van der Waals surface area contributed by atoms with E-state index < -0.39 is 5.60 Å². The zero-order valence-electron chi connectivity index (χ0n) is 12.2. The summed E-state index contributed by atoms with van der Waals surface area (Å²) >= 11 is 0. The van der Waals surface area contributed by atoms with Gasteiger partial charge in [0, 0.05) is 39.3 Å². The molecule has 0 aromatic heterocycles. The first-order chi connectivity index (χ1) is 8.33. The third-order valence-electron chi connectivity index (χ3n) is 3.00. The van der Waals surface area contributed by atoms with E-state index in [1.54, 1.807) is 12.0 Å². The number of ether oxygens (including phenoxy) is 2.